The second kappa shape index (κ2) is 15.9. The lowest BCUT2D eigenvalue weighted by Gasteiger charge is -2.32. The molecule has 2 unspecified atom stereocenters. The van der Waals surface area contributed by atoms with E-state index in [2.05, 4.69) is 19.3 Å². The highest BCUT2D eigenvalue weighted by Gasteiger charge is 2.42. The van der Waals surface area contributed by atoms with E-state index in [4.69, 9.17) is 13.4 Å². The fraction of sp³-hybridized carbons (Fsp3) is 0.950. The van der Waals surface area contributed by atoms with Gasteiger partial charge in [-0.25, -0.2) is 5.48 Å². The average Bonchev–Trinajstić information content (AvgIpc) is 2.63. The highest BCUT2D eigenvalue weighted by Crippen LogP contribution is 2.23. The zero-order valence-electron chi connectivity index (χ0n) is 17.7. The van der Waals surface area contributed by atoms with Gasteiger partial charge in [0.05, 0.1) is 0 Å². The Morgan fingerprint density at radius 1 is 1.15 bits per heavy atom. The minimum absolute atomic E-state index is 0.318. The molecule has 0 aliphatic carbocycles. The van der Waals surface area contributed by atoms with Crippen LogP contribution in [0, 0.1) is 5.92 Å². The molecule has 2 atom stereocenters. The zero-order chi connectivity index (χ0) is 19.8. The maximum Gasteiger partial charge on any atom is 0.517 e. The summed E-state index contributed by atoms with van der Waals surface area (Å²) in [6, 6.07) is 0.767. The molecule has 1 N–H and O–H groups in total. The van der Waals surface area contributed by atoms with Crippen LogP contribution < -0.4 is 5.48 Å². The molecule has 1 aliphatic heterocycles. The van der Waals surface area contributed by atoms with Crippen molar-refractivity contribution in [2.75, 3.05) is 25.5 Å². The highest BCUT2D eigenvalue weighted by molar-refractivity contribution is 8.13. The average molecular weight is 420 g/mol. The van der Waals surface area contributed by atoms with E-state index in [1.807, 2.05) is 6.92 Å². The van der Waals surface area contributed by atoms with Crippen molar-refractivity contribution in [2.24, 2.45) is 5.92 Å². The lowest BCUT2D eigenvalue weighted by atomic mass is 10.0. The molecule has 1 heterocycles. The molecule has 7 heteroatoms. The Bertz CT molecular complexity index is 377. The summed E-state index contributed by atoms with van der Waals surface area (Å²) >= 11 is 1.46. The number of nitrogens with one attached hydrogen (secondary N) is 1. The van der Waals surface area contributed by atoms with Gasteiger partial charge < -0.3 is 8.85 Å². The van der Waals surface area contributed by atoms with Crippen LogP contribution in [0.15, 0.2) is 0 Å². The van der Waals surface area contributed by atoms with E-state index in [1.54, 1.807) is 0 Å². The summed E-state index contributed by atoms with van der Waals surface area (Å²) in [5, 5.41) is 0.318. The van der Waals surface area contributed by atoms with Crippen molar-refractivity contribution in [3.05, 3.63) is 0 Å². The molecule has 0 bridgehead atoms. The molecule has 0 spiro atoms. The van der Waals surface area contributed by atoms with Gasteiger partial charge in [-0.1, -0.05) is 57.7 Å². The fourth-order valence-electron chi connectivity index (χ4n) is 3.34. The van der Waals surface area contributed by atoms with Crippen molar-refractivity contribution in [1.29, 1.82) is 0 Å². The molecule has 0 aromatic heterocycles. The van der Waals surface area contributed by atoms with Gasteiger partial charge >= 0.3 is 8.80 Å². The van der Waals surface area contributed by atoms with E-state index in [9.17, 15) is 4.79 Å². The summed E-state index contributed by atoms with van der Waals surface area (Å²) in [5.41, 5.74) is 3.13. The van der Waals surface area contributed by atoms with Crippen LogP contribution in [0.5, 0.6) is 0 Å². The third-order valence-corrected chi connectivity index (χ3v) is 8.70. The molecule has 1 fully saturated rings. The standard InChI is InChI=1S/C20H41NO4SSi/c1-4-7-8-9-10-13-20(22)26-16-11-17-27(23-6-3)24-15-14-19(12-5-2)18-21-25-27/h19,21H,4-18H2,1-3H3. The fourth-order valence-corrected chi connectivity index (χ4v) is 6.78. The van der Waals surface area contributed by atoms with Gasteiger partial charge in [-0.2, -0.15) is 0 Å². The minimum atomic E-state index is -2.67. The largest absolute Gasteiger partial charge is 0.517 e. The van der Waals surface area contributed by atoms with Crippen LogP contribution in [-0.2, 0) is 18.2 Å². The Labute approximate surface area is 172 Å². The first-order valence-electron chi connectivity index (χ1n) is 11.0. The molecule has 5 nitrogen and oxygen atoms in total. The molecule has 0 aromatic carbocycles. The normalized spacial score (nSPS) is 23.7. The molecule has 1 aliphatic rings. The molecule has 160 valence electrons. The first-order chi connectivity index (χ1) is 13.2. The minimum Gasteiger partial charge on any atom is -0.373 e. The van der Waals surface area contributed by atoms with Crippen molar-refractivity contribution < 1.29 is 18.2 Å². The van der Waals surface area contributed by atoms with Gasteiger partial charge in [-0.15, -0.1) is 0 Å². The Hall–Kier alpha value is 0.0769. The van der Waals surface area contributed by atoms with Gasteiger partial charge in [-0.05, 0) is 38.5 Å². The predicted octanol–water partition coefficient (Wildman–Crippen LogP) is 5.33. The van der Waals surface area contributed by atoms with E-state index in [0.717, 1.165) is 37.6 Å². The number of carbonyl (C=O) groups is 1. The summed E-state index contributed by atoms with van der Waals surface area (Å²) in [6.45, 7) is 8.57. The van der Waals surface area contributed by atoms with Gasteiger partial charge in [0.2, 0.25) is 0 Å². The number of hydrogen-bond acceptors (Lipinski definition) is 6. The third kappa shape index (κ3) is 11.6. The Morgan fingerprint density at radius 2 is 1.96 bits per heavy atom. The van der Waals surface area contributed by atoms with Crippen LogP contribution in [0.3, 0.4) is 0 Å². The summed E-state index contributed by atoms with van der Waals surface area (Å²) < 4.78 is 18.0. The molecule has 0 amide bonds. The molecule has 0 radical (unpaired) electrons. The molecule has 1 rings (SSSR count). The Balaban J connectivity index is 2.26. The van der Waals surface area contributed by atoms with Crippen LogP contribution in [0.4, 0.5) is 0 Å². The smallest absolute Gasteiger partial charge is 0.373 e. The van der Waals surface area contributed by atoms with Crippen LogP contribution in [0.2, 0.25) is 6.04 Å². The first-order valence-corrected chi connectivity index (χ1v) is 13.9. The van der Waals surface area contributed by atoms with Crippen molar-refractivity contribution >= 4 is 25.7 Å². The third-order valence-electron chi connectivity index (χ3n) is 4.88. The number of hydroxylamine groups is 1. The van der Waals surface area contributed by atoms with E-state index >= 15 is 0 Å². The van der Waals surface area contributed by atoms with Crippen LogP contribution in [0.1, 0.15) is 85.0 Å². The number of rotatable bonds is 14. The number of unbranched alkanes of at least 4 members (excludes halogenated alkanes) is 4. The Kier molecular flexibility index (Phi) is 14.8. The Morgan fingerprint density at radius 3 is 2.70 bits per heavy atom. The summed E-state index contributed by atoms with van der Waals surface area (Å²) in [5.74, 6) is 1.43. The predicted molar refractivity (Wildman–Crippen MR) is 116 cm³/mol. The maximum atomic E-state index is 12.0. The van der Waals surface area contributed by atoms with Gasteiger partial charge in [0.25, 0.3) is 0 Å². The van der Waals surface area contributed by atoms with Crippen molar-refractivity contribution in [3.63, 3.8) is 0 Å². The van der Waals surface area contributed by atoms with Gasteiger partial charge in [0.15, 0.2) is 5.12 Å². The van der Waals surface area contributed by atoms with Crippen LogP contribution >= 0.6 is 11.8 Å². The monoisotopic (exact) mass is 419 g/mol. The second-order valence-electron chi connectivity index (χ2n) is 7.35. The zero-order valence-corrected chi connectivity index (χ0v) is 19.5. The number of carbonyl (C=O) groups excluding carboxylic acids is 1. The molecule has 1 saturated heterocycles. The van der Waals surface area contributed by atoms with Crippen molar-refractivity contribution in [3.8, 4) is 0 Å². The topological polar surface area (TPSA) is 56.8 Å². The summed E-state index contributed by atoms with van der Waals surface area (Å²) in [7, 11) is -2.67. The highest BCUT2D eigenvalue weighted by atomic mass is 32.2. The first kappa shape index (κ1) is 25.1. The quantitative estimate of drug-likeness (QED) is 0.303. The molecular formula is C20H41NO4SSi. The summed E-state index contributed by atoms with van der Waals surface area (Å²) in [6.07, 6.45) is 11.0. The lowest BCUT2D eigenvalue weighted by Crippen LogP contribution is -2.52. The van der Waals surface area contributed by atoms with Crippen molar-refractivity contribution in [2.45, 2.75) is 91.0 Å². The van der Waals surface area contributed by atoms with E-state index in [1.165, 1.54) is 50.3 Å². The lowest BCUT2D eigenvalue weighted by molar-refractivity contribution is -0.111. The number of hydrogen-bond donors (Lipinski definition) is 1. The van der Waals surface area contributed by atoms with E-state index in [-0.39, 0.29) is 0 Å². The van der Waals surface area contributed by atoms with E-state index in [0.29, 0.717) is 30.7 Å². The number of thioether (sulfide) groups is 1. The van der Waals surface area contributed by atoms with Gasteiger partial charge in [0.1, 0.15) is 0 Å². The maximum absolute atomic E-state index is 12.0. The van der Waals surface area contributed by atoms with Crippen LogP contribution in [-0.4, -0.2) is 39.4 Å². The SMILES string of the molecule is CCCCCCCC(=O)SCCC[Si]1(OCC)OCCC(CCC)CNO1. The molecular weight excluding hydrogens is 378 g/mol. The van der Waals surface area contributed by atoms with E-state index < -0.39 is 8.80 Å². The summed E-state index contributed by atoms with van der Waals surface area (Å²) in [4.78, 5) is 12.0. The van der Waals surface area contributed by atoms with Crippen LogP contribution in [0.25, 0.3) is 0 Å². The molecule has 0 aromatic rings. The van der Waals surface area contributed by atoms with Gasteiger partial charge in [0, 0.05) is 38.0 Å². The van der Waals surface area contributed by atoms with Crippen molar-refractivity contribution in [1.82, 2.24) is 5.48 Å². The van der Waals surface area contributed by atoms with Gasteiger partial charge in [-0.3, -0.25) is 9.32 Å². The molecule has 0 saturated carbocycles. The molecule has 27 heavy (non-hydrogen) atoms. The second-order valence-corrected chi connectivity index (χ2v) is 11.1.